The first kappa shape index (κ1) is 18.0. The highest BCUT2D eigenvalue weighted by Crippen LogP contribution is 2.18. The maximum absolute atomic E-state index is 12.3. The smallest absolute Gasteiger partial charge is 0.286 e. The van der Waals surface area contributed by atoms with Crippen molar-refractivity contribution in [2.45, 2.75) is 19.8 Å². The largest absolute Gasteiger partial charge is 0.459 e. The van der Waals surface area contributed by atoms with Gasteiger partial charge in [0.25, 0.3) is 5.91 Å². The Kier molecular flexibility index (Phi) is 5.94. The van der Waals surface area contributed by atoms with Crippen molar-refractivity contribution in [3.63, 3.8) is 0 Å². The number of furan rings is 1. The SMILES string of the molecule is Cc1cccc(N2CCN(C(=O)CCCNC(=O)c3ccco3)CC2)c1. The molecule has 1 aromatic heterocycles. The van der Waals surface area contributed by atoms with E-state index in [0.29, 0.717) is 25.1 Å². The number of nitrogens with zero attached hydrogens (tertiary/aromatic N) is 2. The van der Waals surface area contributed by atoms with E-state index in [1.807, 2.05) is 4.90 Å². The first-order valence-corrected chi connectivity index (χ1v) is 9.04. The van der Waals surface area contributed by atoms with Crippen LogP contribution in [0.15, 0.2) is 47.1 Å². The van der Waals surface area contributed by atoms with Crippen LogP contribution in [0.5, 0.6) is 0 Å². The Balaban J connectivity index is 1.36. The third-order valence-electron chi connectivity index (χ3n) is 4.60. The first-order chi connectivity index (χ1) is 12.6. The molecule has 1 N–H and O–H groups in total. The molecule has 1 aliphatic rings. The number of carbonyl (C=O) groups is 2. The van der Waals surface area contributed by atoms with Crippen LogP contribution in [-0.2, 0) is 4.79 Å². The molecule has 1 fully saturated rings. The van der Waals surface area contributed by atoms with Gasteiger partial charge >= 0.3 is 0 Å². The van der Waals surface area contributed by atoms with Crippen molar-refractivity contribution in [1.29, 1.82) is 0 Å². The van der Waals surface area contributed by atoms with E-state index in [1.54, 1.807) is 12.1 Å². The van der Waals surface area contributed by atoms with Crippen LogP contribution in [0.4, 0.5) is 5.69 Å². The van der Waals surface area contributed by atoms with Crippen LogP contribution in [0.1, 0.15) is 29.0 Å². The van der Waals surface area contributed by atoms with Crippen molar-refractivity contribution in [3.8, 4) is 0 Å². The van der Waals surface area contributed by atoms with Gasteiger partial charge in [-0.1, -0.05) is 12.1 Å². The second kappa shape index (κ2) is 8.56. The van der Waals surface area contributed by atoms with Crippen molar-refractivity contribution < 1.29 is 14.0 Å². The number of carbonyl (C=O) groups excluding carboxylic acids is 2. The lowest BCUT2D eigenvalue weighted by Gasteiger charge is -2.36. The Morgan fingerprint density at radius 2 is 1.92 bits per heavy atom. The molecule has 0 saturated carbocycles. The molecule has 1 aliphatic heterocycles. The van der Waals surface area contributed by atoms with Crippen LogP contribution in [0.2, 0.25) is 0 Å². The number of nitrogens with one attached hydrogen (secondary N) is 1. The van der Waals surface area contributed by atoms with Crippen molar-refractivity contribution in [3.05, 3.63) is 54.0 Å². The van der Waals surface area contributed by atoms with E-state index in [-0.39, 0.29) is 11.8 Å². The van der Waals surface area contributed by atoms with Gasteiger partial charge in [-0.15, -0.1) is 0 Å². The minimum atomic E-state index is -0.241. The molecule has 0 unspecified atom stereocenters. The Hall–Kier alpha value is -2.76. The van der Waals surface area contributed by atoms with Gasteiger partial charge in [-0.3, -0.25) is 9.59 Å². The molecule has 0 aliphatic carbocycles. The monoisotopic (exact) mass is 355 g/mol. The van der Waals surface area contributed by atoms with E-state index in [9.17, 15) is 9.59 Å². The van der Waals surface area contributed by atoms with Crippen LogP contribution < -0.4 is 10.2 Å². The molecule has 0 bridgehead atoms. The number of rotatable bonds is 6. The highest BCUT2D eigenvalue weighted by Gasteiger charge is 2.21. The summed E-state index contributed by atoms with van der Waals surface area (Å²) < 4.78 is 5.03. The summed E-state index contributed by atoms with van der Waals surface area (Å²) in [6.45, 7) is 5.74. The zero-order valence-electron chi connectivity index (χ0n) is 15.1. The van der Waals surface area contributed by atoms with Crippen LogP contribution in [0.3, 0.4) is 0 Å². The van der Waals surface area contributed by atoms with Crippen molar-refractivity contribution >= 4 is 17.5 Å². The van der Waals surface area contributed by atoms with Gasteiger partial charge in [0.2, 0.25) is 5.91 Å². The van der Waals surface area contributed by atoms with E-state index in [0.717, 1.165) is 26.2 Å². The van der Waals surface area contributed by atoms with Gasteiger partial charge in [0, 0.05) is 44.8 Å². The molecule has 2 amide bonds. The standard InChI is InChI=1S/C20H25N3O3/c1-16-5-2-6-17(15-16)22-10-12-23(13-11-22)19(24)8-3-9-21-20(25)18-7-4-14-26-18/h2,4-7,14-15H,3,8-13H2,1H3,(H,21,25). The third kappa shape index (κ3) is 4.65. The summed E-state index contributed by atoms with van der Waals surface area (Å²) in [5.74, 6) is 0.207. The second-order valence-corrected chi connectivity index (χ2v) is 6.54. The molecule has 6 nitrogen and oxygen atoms in total. The van der Waals surface area contributed by atoms with Gasteiger partial charge in [0.1, 0.15) is 0 Å². The molecule has 2 heterocycles. The summed E-state index contributed by atoms with van der Waals surface area (Å²) >= 11 is 0. The minimum absolute atomic E-state index is 0.154. The Labute approximate surface area is 153 Å². The topological polar surface area (TPSA) is 65.8 Å². The number of piperazine rings is 1. The predicted octanol–water partition coefficient (Wildman–Crippen LogP) is 2.45. The van der Waals surface area contributed by atoms with Gasteiger partial charge < -0.3 is 19.5 Å². The number of anilines is 1. The van der Waals surface area contributed by atoms with Crippen molar-refractivity contribution in [2.75, 3.05) is 37.6 Å². The zero-order valence-corrected chi connectivity index (χ0v) is 15.1. The van der Waals surface area contributed by atoms with E-state index in [2.05, 4.69) is 41.4 Å². The summed E-state index contributed by atoms with van der Waals surface area (Å²) in [5.41, 5.74) is 2.47. The molecule has 0 atom stereocenters. The summed E-state index contributed by atoms with van der Waals surface area (Å²) in [7, 11) is 0. The van der Waals surface area contributed by atoms with Gasteiger partial charge in [0.05, 0.1) is 6.26 Å². The minimum Gasteiger partial charge on any atom is -0.459 e. The number of aryl methyl sites for hydroxylation is 1. The van der Waals surface area contributed by atoms with Gasteiger partial charge in [0.15, 0.2) is 5.76 Å². The number of hydrogen-bond acceptors (Lipinski definition) is 4. The lowest BCUT2D eigenvalue weighted by molar-refractivity contribution is -0.131. The summed E-state index contributed by atoms with van der Waals surface area (Å²) in [4.78, 5) is 28.3. The molecule has 138 valence electrons. The molecule has 3 rings (SSSR count). The van der Waals surface area contributed by atoms with Crippen LogP contribution >= 0.6 is 0 Å². The molecule has 1 aromatic carbocycles. The quantitative estimate of drug-likeness (QED) is 0.809. The van der Waals surface area contributed by atoms with Crippen molar-refractivity contribution in [2.24, 2.45) is 0 Å². The lowest BCUT2D eigenvalue weighted by Crippen LogP contribution is -2.48. The summed E-state index contributed by atoms with van der Waals surface area (Å²) in [5, 5.41) is 2.77. The molecule has 1 saturated heterocycles. The zero-order chi connectivity index (χ0) is 18.4. The van der Waals surface area contributed by atoms with Crippen LogP contribution in [-0.4, -0.2) is 49.4 Å². The average molecular weight is 355 g/mol. The predicted molar refractivity (Wildman–Crippen MR) is 100 cm³/mol. The van der Waals surface area contributed by atoms with Gasteiger partial charge in [-0.05, 0) is 43.2 Å². The third-order valence-corrected chi connectivity index (χ3v) is 4.60. The van der Waals surface area contributed by atoms with Crippen LogP contribution in [0.25, 0.3) is 0 Å². The molecule has 2 aromatic rings. The van der Waals surface area contributed by atoms with E-state index in [1.165, 1.54) is 17.5 Å². The number of hydrogen-bond donors (Lipinski definition) is 1. The summed E-state index contributed by atoms with van der Waals surface area (Å²) in [6.07, 6.45) is 2.54. The van der Waals surface area contributed by atoms with Gasteiger partial charge in [-0.2, -0.15) is 0 Å². The Morgan fingerprint density at radius 1 is 1.12 bits per heavy atom. The normalized spacial score (nSPS) is 14.3. The molecule has 26 heavy (non-hydrogen) atoms. The van der Waals surface area contributed by atoms with E-state index in [4.69, 9.17) is 4.42 Å². The van der Waals surface area contributed by atoms with E-state index >= 15 is 0 Å². The van der Waals surface area contributed by atoms with Crippen LogP contribution in [0, 0.1) is 6.92 Å². The van der Waals surface area contributed by atoms with Gasteiger partial charge in [-0.25, -0.2) is 0 Å². The average Bonchev–Trinajstić information content (AvgIpc) is 3.20. The molecule has 0 radical (unpaired) electrons. The maximum Gasteiger partial charge on any atom is 0.286 e. The molecule has 0 spiro atoms. The fourth-order valence-corrected chi connectivity index (χ4v) is 3.13. The lowest BCUT2D eigenvalue weighted by atomic mass is 10.2. The highest BCUT2D eigenvalue weighted by molar-refractivity contribution is 5.91. The fourth-order valence-electron chi connectivity index (χ4n) is 3.13. The maximum atomic E-state index is 12.3. The molecular formula is C20H25N3O3. The molecular weight excluding hydrogens is 330 g/mol. The Bertz CT molecular complexity index is 735. The second-order valence-electron chi connectivity index (χ2n) is 6.54. The highest BCUT2D eigenvalue weighted by atomic mass is 16.3. The van der Waals surface area contributed by atoms with E-state index < -0.39 is 0 Å². The molecule has 6 heteroatoms. The number of benzene rings is 1. The van der Waals surface area contributed by atoms with Crippen molar-refractivity contribution in [1.82, 2.24) is 10.2 Å². The number of amides is 2. The first-order valence-electron chi connectivity index (χ1n) is 9.04. The summed E-state index contributed by atoms with van der Waals surface area (Å²) in [6, 6.07) is 11.8. The Morgan fingerprint density at radius 3 is 2.62 bits per heavy atom. The fraction of sp³-hybridized carbons (Fsp3) is 0.400.